The standard InChI is InChI=1S/C18H20/c1-3-13(2)10-14-8-9-18-16(11-14)12-15-6-4-5-7-17(15)18/h4-9,11,13H,3,10,12H2,1-2H3. The van der Waals surface area contributed by atoms with E-state index in [1.54, 1.807) is 0 Å². The minimum atomic E-state index is 0.784. The lowest BCUT2D eigenvalue weighted by atomic mass is 9.96. The van der Waals surface area contributed by atoms with Crippen LogP contribution in [0.25, 0.3) is 11.1 Å². The smallest absolute Gasteiger partial charge is 0.00134 e. The number of hydrogen-bond acceptors (Lipinski definition) is 0. The van der Waals surface area contributed by atoms with Gasteiger partial charge in [-0.3, -0.25) is 0 Å². The quantitative estimate of drug-likeness (QED) is 0.610. The Morgan fingerprint density at radius 2 is 1.78 bits per heavy atom. The van der Waals surface area contributed by atoms with E-state index in [-0.39, 0.29) is 0 Å². The first-order valence-electron chi connectivity index (χ1n) is 6.98. The molecular formula is C18H20. The second-order valence-corrected chi connectivity index (χ2v) is 5.54. The molecule has 3 rings (SSSR count). The van der Waals surface area contributed by atoms with E-state index in [4.69, 9.17) is 0 Å². The molecule has 1 aliphatic rings. The third kappa shape index (κ3) is 1.96. The average molecular weight is 236 g/mol. The summed E-state index contributed by atoms with van der Waals surface area (Å²) in [6.45, 7) is 4.61. The van der Waals surface area contributed by atoms with E-state index in [0.717, 1.165) is 12.3 Å². The van der Waals surface area contributed by atoms with Crippen molar-refractivity contribution in [2.75, 3.05) is 0 Å². The Morgan fingerprint density at radius 1 is 1.00 bits per heavy atom. The molecule has 0 nitrogen and oxygen atoms in total. The highest BCUT2D eigenvalue weighted by molar-refractivity contribution is 5.76. The lowest BCUT2D eigenvalue weighted by Crippen LogP contribution is -1.98. The summed E-state index contributed by atoms with van der Waals surface area (Å²) in [4.78, 5) is 0. The first kappa shape index (κ1) is 11.5. The van der Waals surface area contributed by atoms with Crippen molar-refractivity contribution in [2.45, 2.75) is 33.1 Å². The van der Waals surface area contributed by atoms with E-state index >= 15 is 0 Å². The number of rotatable bonds is 3. The summed E-state index contributed by atoms with van der Waals surface area (Å²) in [5.74, 6) is 0.784. The van der Waals surface area contributed by atoms with Gasteiger partial charge in [-0.1, -0.05) is 62.7 Å². The maximum atomic E-state index is 2.42. The Hall–Kier alpha value is -1.56. The highest BCUT2D eigenvalue weighted by Crippen LogP contribution is 2.36. The first-order valence-corrected chi connectivity index (χ1v) is 6.98. The van der Waals surface area contributed by atoms with Crippen molar-refractivity contribution in [1.29, 1.82) is 0 Å². The summed E-state index contributed by atoms with van der Waals surface area (Å²) in [6.07, 6.45) is 3.58. The third-order valence-corrected chi connectivity index (χ3v) is 4.14. The molecule has 0 N–H and O–H groups in total. The molecule has 0 bridgehead atoms. The van der Waals surface area contributed by atoms with Gasteiger partial charge in [-0.05, 0) is 46.6 Å². The zero-order valence-corrected chi connectivity index (χ0v) is 11.2. The first-order chi connectivity index (χ1) is 8.78. The van der Waals surface area contributed by atoms with Crippen LogP contribution in [0, 0.1) is 5.92 Å². The number of hydrogen-bond donors (Lipinski definition) is 0. The fourth-order valence-corrected chi connectivity index (χ4v) is 2.87. The molecule has 92 valence electrons. The minimum absolute atomic E-state index is 0.784. The molecule has 2 aromatic carbocycles. The van der Waals surface area contributed by atoms with Gasteiger partial charge in [-0.25, -0.2) is 0 Å². The molecular weight excluding hydrogens is 216 g/mol. The number of fused-ring (bicyclic) bond motifs is 3. The van der Waals surface area contributed by atoms with E-state index in [0.29, 0.717) is 0 Å². The molecule has 2 aromatic rings. The summed E-state index contributed by atoms with van der Waals surface area (Å²) in [5, 5.41) is 0. The zero-order valence-electron chi connectivity index (χ0n) is 11.2. The largest absolute Gasteiger partial charge is 0.0651 e. The predicted octanol–water partition coefficient (Wildman–Crippen LogP) is 4.85. The molecule has 0 aliphatic heterocycles. The summed E-state index contributed by atoms with van der Waals surface area (Å²) in [7, 11) is 0. The molecule has 0 saturated heterocycles. The summed E-state index contributed by atoms with van der Waals surface area (Å²) >= 11 is 0. The van der Waals surface area contributed by atoms with Crippen LogP contribution in [-0.4, -0.2) is 0 Å². The maximum absolute atomic E-state index is 2.42. The van der Waals surface area contributed by atoms with Crippen LogP contribution in [0.5, 0.6) is 0 Å². The Kier molecular flexibility index (Phi) is 2.95. The van der Waals surface area contributed by atoms with Crippen LogP contribution in [-0.2, 0) is 12.8 Å². The van der Waals surface area contributed by atoms with Crippen molar-refractivity contribution in [1.82, 2.24) is 0 Å². The molecule has 0 radical (unpaired) electrons. The van der Waals surface area contributed by atoms with Crippen molar-refractivity contribution in [3.63, 3.8) is 0 Å². The van der Waals surface area contributed by atoms with Crippen LogP contribution in [0.3, 0.4) is 0 Å². The Balaban J connectivity index is 1.93. The molecule has 0 aromatic heterocycles. The highest BCUT2D eigenvalue weighted by atomic mass is 14.2. The van der Waals surface area contributed by atoms with Gasteiger partial charge in [0.15, 0.2) is 0 Å². The van der Waals surface area contributed by atoms with Gasteiger partial charge in [0.2, 0.25) is 0 Å². The van der Waals surface area contributed by atoms with Gasteiger partial charge < -0.3 is 0 Å². The normalized spacial score (nSPS) is 14.1. The fraction of sp³-hybridized carbons (Fsp3) is 0.333. The topological polar surface area (TPSA) is 0 Å². The molecule has 0 spiro atoms. The van der Waals surface area contributed by atoms with Gasteiger partial charge in [-0.2, -0.15) is 0 Å². The molecule has 0 heterocycles. The van der Waals surface area contributed by atoms with E-state index in [2.05, 4.69) is 56.3 Å². The van der Waals surface area contributed by atoms with Crippen molar-refractivity contribution in [3.8, 4) is 11.1 Å². The summed E-state index contributed by atoms with van der Waals surface area (Å²) < 4.78 is 0. The van der Waals surface area contributed by atoms with Crippen molar-refractivity contribution in [2.24, 2.45) is 5.92 Å². The Morgan fingerprint density at radius 3 is 2.61 bits per heavy atom. The van der Waals surface area contributed by atoms with E-state index in [1.807, 2.05) is 0 Å². The summed E-state index contributed by atoms with van der Waals surface area (Å²) in [5.41, 5.74) is 7.36. The zero-order chi connectivity index (χ0) is 12.5. The molecule has 1 aliphatic carbocycles. The average Bonchev–Trinajstić information content (AvgIpc) is 2.76. The van der Waals surface area contributed by atoms with Crippen LogP contribution in [0.1, 0.15) is 37.0 Å². The molecule has 18 heavy (non-hydrogen) atoms. The predicted molar refractivity (Wildman–Crippen MR) is 77.8 cm³/mol. The van der Waals surface area contributed by atoms with Gasteiger partial charge >= 0.3 is 0 Å². The molecule has 0 amide bonds. The van der Waals surface area contributed by atoms with Crippen molar-refractivity contribution < 1.29 is 0 Å². The third-order valence-electron chi connectivity index (χ3n) is 4.14. The van der Waals surface area contributed by atoms with Gasteiger partial charge in [0.05, 0.1) is 0 Å². The van der Waals surface area contributed by atoms with Gasteiger partial charge in [-0.15, -0.1) is 0 Å². The molecule has 0 fully saturated rings. The Bertz CT molecular complexity index is 566. The van der Waals surface area contributed by atoms with Crippen LogP contribution in [0.15, 0.2) is 42.5 Å². The van der Waals surface area contributed by atoms with Crippen molar-refractivity contribution in [3.05, 3.63) is 59.2 Å². The lowest BCUT2D eigenvalue weighted by molar-refractivity contribution is 0.560. The monoisotopic (exact) mass is 236 g/mol. The van der Waals surface area contributed by atoms with Crippen LogP contribution in [0.2, 0.25) is 0 Å². The van der Waals surface area contributed by atoms with E-state index < -0.39 is 0 Å². The number of benzene rings is 2. The maximum Gasteiger partial charge on any atom is -0.00134 e. The van der Waals surface area contributed by atoms with Crippen molar-refractivity contribution >= 4 is 0 Å². The molecule has 0 saturated carbocycles. The van der Waals surface area contributed by atoms with E-state index in [9.17, 15) is 0 Å². The molecule has 0 heteroatoms. The van der Waals surface area contributed by atoms with Gasteiger partial charge in [0.25, 0.3) is 0 Å². The van der Waals surface area contributed by atoms with E-state index in [1.165, 1.54) is 40.7 Å². The van der Waals surface area contributed by atoms with Crippen LogP contribution < -0.4 is 0 Å². The second-order valence-electron chi connectivity index (χ2n) is 5.54. The minimum Gasteiger partial charge on any atom is -0.0651 e. The van der Waals surface area contributed by atoms with Crippen LogP contribution in [0.4, 0.5) is 0 Å². The summed E-state index contributed by atoms with van der Waals surface area (Å²) in [6, 6.07) is 15.8. The molecule has 1 unspecified atom stereocenters. The highest BCUT2D eigenvalue weighted by Gasteiger charge is 2.17. The van der Waals surface area contributed by atoms with Gasteiger partial charge in [0, 0.05) is 0 Å². The molecule has 1 atom stereocenters. The van der Waals surface area contributed by atoms with Gasteiger partial charge in [0.1, 0.15) is 0 Å². The Labute approximate surface area is 110 Å². The SMILES string of the molecule is CCC(C)Cc1ccc2c(c1)Cc1ccccc1-2. The second kappa shape index (κ2) is 4.61. The van der Waals surface area contributed by atoms with Crippen LogP contribution >= 0.6 is 0 Å². The lowest BCUT2D eigenvalue weighted by Gasteiger charge is -2.10. The fourth-order valence-electron chi connectivity index (χ4n) is 2.87.